The van der Waals surface area contributed by atoms with Gasteiger partial charge in [-0.3, -0.25) is 4.79 Å². The Morgan fingerprint density at radius 2 is 1.88 bits per heavy atom. The maximum atomic E-state index is 12.0. The Balaban J connectivity index is 1.83. The SMILES string of the molecule is CC(C(=O)NC1CCCCCC1Br)C1CC1. The van der Waals surface area contributed by atoms with Crippen molar-refractivity contribution in [2.24, 2.45) is 11.8 Å². The lowest BCUT2D eigenvalue weighted by Gasteiger charge is -2.23. The second-order valence-electron chi connectivity index (χ2n) is 5.40. The fourth-order valence-corrected chi connectivity index (χ4v) is 3.27. The van der Waals surface area contributed by atoms with Crippen molar-refractivity contribution >= 4 is 21.8 Å². The Hall–Kier alpha value is -0.0500. The number of halogens is 1. The summed E-state index contributed by atoms with van der Waals surface area (Å²) in [5, 5.41) is 3.24. The van der Waals surface area contributed by atoms with Crippen LogP contribution in [0.2, 0.25) is 0 Å². The van der Waals surface area contributed by atoms with Gasteiger partial charge in [0.15, 0.2) is 0 Å². The number of hydrogen-bond acceptors (Lipinski definition) is 1. The first-order valence-electron chi connectivity index (χ1n) is 6.63. The first-order valence-corrected chi connectivity index (χ1v) is 7.54. The van der Waals surface area contributed by atoms with Crippen LogP contribution in [0.1, 0.15) is 51.9 Å². The first kappa shape index (κ1) is 12.4. The number of nitrogens with one attached hydrogen (secondary N) is 1. The quantitative estimate of drug-likeness (QED) is 0.627. The van der Waals surface area contributed by atoms with Gasteiger partial charge in [0.1, 0.15) is 0 Å². The van der Waals surface area contributed by atoms with Crippen molar-refractivity contribution in [3.63, 3.8) is 0 Å². The number of alkyl halides is 1. The van der Waals surface area contributed by atoms with Gasteiger partial charge in [-0.1, -0.05) is 42.1 Å². The van der Waals surface area contributed by atoms with Gasteiger partial charge in [0.25, 0.3) is 0 Å². The average molecular weight is 288 g/mol. The lowest BCUT2D eigenvalue weighted by atomic mass is 10.0. The third-order valence-corrected chi connectivity index (χ3v) is 5.10. The molecule has 0 saturated heterocycles. The van der Waals surface area contributed by atoms with Gasteiger partial charge in [0.05, 0.1) is 0 Å². The largest absolute Gasteiger partial charge is 0.352 e. The molecule has 2 nitrogen and oxygen atoms in total. The van der Waals surface area contributed by atoms with Gasteiger partial charge in [-0.05, 0) is 31.6 Å². The van der Waals surface area contributed by atoms with Crippen molar-refractivity contribution < 1.29 is 4.79 Å². The molecular weight excluding hydrogens is 266 g/mol. The van der Waals surface area contributed by atoms with Crippen LogP contribution >= 0.6 is 15.9 Å². The van der Waals surface area contributed by atoms with Gasteiger partial charge >= 0.3 is 0 Å². The molecule has 0 aromatic carbocycles. The molecule has 0 aromatic rings. The van der Waals surface area contributed by atoms with Gasteiger partial charge < -0.3 is 5.32 Å². The van der Waals surface area contributed by atoms with Crippen LogP contribution < -0.4 is 5.32 Å². The van der Waals surface area contributed by atoms with E-state index >= 15 is 0 Å². The minimum atomic E-state index is 0.225. The van der Waals surface area contributed by atoms with Gasteiger partial charge in [-0.25, -0.2) is 0 Å². The van der Waals surface area contributed by atoms with Crippen molar-refractivity contribution in [2.45, 2.75) is 62.7 Å². The summed E-state index contributed by atoms with van der Waals surface area (Å²) in [6.45, 7) is 2.08. The molecule has 2 saturated carbocycles. The van der Waals surface area contributed by atoms with E-state index in [2.05, 4.69) is 28.2 Å². The van der Waals surface area contributed by atoms with Crippen molar-refractivity contribution in [1.82, 2.24) is 5.32 Å². The maximum Gasteiger partial charge on any atom is 0.223 e. The Morgan fingerprint density at radius 1 is 1.19 bits per heavy atom. The van der Waals surface area contributed by atoms with Gasteiger partial charge in [0, 0.05) is 16.8 Å². The van der Waals surface area contributed by atoms with E-state index in [0.717, 1.165) is 6.42 Å². The van der Waals surface area contributed by atoms with Crippen molar-refractivity contribution in [3.8, 4) is 0 Å². The summed E-state index contributed by atoms with van der Waals surface area (Å²) in [5.41, 5.74) is 0. The zero-order valence-corrected chi connectivity index (χ0v) is 11.6. The molecule has 3 atom stereocenters. The fraction of sp³-hybridized carbons (Fsp3) is 0.923. The standard InChI is InChI=1S/C13H22BrNO/c1-9(10-7-8-10)13(16)15-12-6-4-2-3-5-11(12)14/h9-12H,2-8H2,1H3,(H,15,16). The second kappa shape index (κ2) is 5.52. The Morgan fingerprint density at radius 3 is 2.56 bits per heavy atom. The summed E-state index contributed by atoms with van der Waals surface area (Å²) in [5.74, 6) is 1.17. The monoisotopic (exact) mass is 287 g/mol. The van der Waals surface area contributed by atoms with E-state index in [1.54, 1.807) is 0 Å². The topological polar surface area (TPSA) is 29.1 Å². The van der Waals surface area contributed by atoms with E-state index in [4.69, 9.17) is 0 Å². The van der Waals surface area contributed by atoms with Crippen molar-refractivity contribution in [3.05, 3.63) is 0 Å². The summed E-state index contributed by atoms with van der Waals surface area (Å²) in [6.07, 6.45) is 8.69. The molecule has 2 rings (SSSR count). The molecule has 1 N–H and O–H groups in total. The predicted octanol–water partition coefficient (Wildman–Crippen LogP) is 3.24. The van der Waals surface area contributed by atoms with E-state index < -0.39 is 0 Å². The minimum Gasteiger partial charge on any atom is -0.352 e. The number of rotatable bonds is 3. The highest BCUT2D eigenvalue weighted by molar-refractivity contribution is 9.09. The van der Waals surface area contributed by atoms with Gasteiger partial charge in [-0.15, -0.1) is 0 Å². The van der Waals surface area contributed by atoms with Crippen LogP contribution in [0, 0.1) is 11.8 Å². The van der Waals surface area contributed by atoms with E-state index in [0.29, 0.717) is 16.8 Å². The molecule has 0 heterocycles. The van der Waals surface area contributed by atoms with Crippen LogP contribution in [0.15, 0.2) is 0 Å². The number of carbonyl (C=O) groups is 1. The molecule has 3 heteroatoms. The van der Waals surface area contributed by atoms with Crippen molar-refractivity contribution in [1.29, 1.82) is 0 Å². The maximum absolute atomic E-state index is 12.0. The van der Waals surface area contributed by atoms with E-state index in [-0.39, 0.29) is 11.8 Å². The lowest BCUT2D eigenvalue weighted by Crippen LogP contribution is -2.43. The Kier molecular flexibility index (Phi) is 4.28. The van der Waals surface area contributed by atoms with Crippen LogP contribution in [0.4, 0.5) is 0 Å². The molecule has 3 unspecified atom stereocenters. The highest BCUT2D eigenvalue weighted by Crippen LogP contribution is 2.36. The van der Waals surface area contributed by atoms with Gasteiger partial charge in [-0.2, -0.15) is 0 Å². The second-order valence-corrected chi connectivity index (χ2v) is 6.57. The Bertz CT molecular complexity index is 252. The Labute approximate surface area is 107 Å². The highest BCUT2D eigenvalue weighted by atomic mass is 79.9. The van der Waals surface area contributed by atoms with E-state index in [9.17, 15) is 4.79 Å². The molecule has 0 aliphatic heterocycles. The van der Waals surface area contributed by atoms with Crippen LogP contribution in [0.25, 0.3) is 0 Å². The van der Waals surface area contributed by atoms with Gasteiger partial charge in [0.2, 0.25) is 5.91 Å². The molecule has 2 aliphatic carbocycles. The lowest BCUT2D eigenvalue weighted by molar-refractivity contribution is -0.125. The number of carbonyl (C=O) groups excluding carboxylic acids is 1. The molecule has 0 radical (unpaired) electrons. The summed E-state index contributed by atoms with van der Waals surface area (Å²) < 4.78 is 0. The van der Waals surface area contributed by atoms with Crippen LogP contribution in [-0.2, 0) is 4.79 Å². The van der Waals surface area contributed by atoms with E-state index in [1.807, 2.05) is 0 Å². The molecule has 16 heavy (non-hydrogen) atoms. The summed E-state index contributed by atoms with van der Waals surface area (Å²) >= 11 is 3.72. The summed E-state index contributed by atoms with van der Waals surface area (Å²) in [7, 11) is 0. The van der Waals surface area contributed by atoms with Crippen LogP contribution in [-0.4, -0.2) is 16.8 Å². The smallest absolute Gasteiger partial charge is 0.223 e. The minimum absolute atomic E-state index is 0.225. The zero-order valence-electron chi connectivity index (χ0n) is 10.0. The first-order chi connectivity index (χ1) is 7.68. The molecule has 0 bridgehead atoms. The summed E-state index contributed by atoms with van der Waals surface area (Å²) in [6, 6.07) is 0.358. The molecule has 0 aromatic heterocycles. The van der Waals surface area contributed by atoms with Crippen LogP contribution in [0.5, 0.6) is 0 Å². The molecular formula is C13H22BrNO. The summed E-state index contributed by atoms with van der Waals surface area (Å²) in [4.78, 5) is 12.5. The highest BCUT2D eigenvalue weighted by Gasteiger charge is 2.34. The van der Waals surface area contributed by atoms with Crippen molar-refractivity contribution in [2.75, 3.05) is 0 Å². The third-order valence-electron chi connectivity index (χ3n) is 4.00. The molecule has 0 spiro atoms. The zero-order chi connectivity index (χ0) is 11.5. The molecule has 2 aliphatic rings. The third kappa shape index (κ3) is 3.22. The number of hydrogen-bond donors (Lipinski definition) is 1. The number of amides is 1. The molecule has 92 valence electrons. The average Bonchev–Trinajstić information content (AvgIpc) is 3.07. The van der Waals surface area contributed by atoms with E-state index in [1.165, 1.54) is 38.5 Å². The fourth-order valence-electron chi connectivity index (χ4n) is 2.55. The van der Waals surface area contributed by atoms with Crippen LogP contribution in [0.3, 0.4) is 0 Å². The predicted molar refractivity (Wildman–Crippen MR) is 69.6 cm³/mol. The normalized spacial score (nSPS) is 32.9. The molecule has 1 amide bonds. The molecule has 2 fully saturated rings.